The zero-order chi connectivity index (χ0) is 18.6. The molecule has 1 aliphatic rings. The van der Waals surface area contributed by atoms with E-state index in [-0.39, 0.29) is 17.8 Å². The second kappa shape index (κ2) is 7.63. The summed E-state index contributed by atoms with van der Waals surface area (Å²) in [6, 6.07) is 4.93. The fraction of sp³-hybridized carbons (Fsp3) is 0.556. The van der Waals surface area contributed by atoms with E-state index >= 15 is 0 Å². The summed E-state index contributed by atoms with van der Waals surface area (Å²) in [5.41, 5.74) is 5.91. The van der Waals surface area contributed by atoms with Crippen molar-refractivity contribution in [2.45, 2.75) is 45.3 Å². The van der Waals surface area contributed by atoms with Crippen LogP contribution in [0.2, 0.25) is 0 Å². The number of esters is 1. The molecule has 138 valence electrons. The third-order valence-electron chi connectivity index (χ3n) is 3.83. The van der Waals surface area contributed by atoms with Crippen LogP contribution in [-0.4, -0.2) is 48.9 Å². The maximum absolute atomic E-state index is 12.1. The molecule has 0 spiro atoms. The van der Waals surface area contributed by atoms with Crippen molar-refractivity contribution in [3.05, 3.63) is 23.8 Å². The number of nitrogens with two attached hydrogens (primary N) is 1. The topological polar surface area (TPSA) is 91.1 Å². The van der Waals surface area contributed by atoms with Crippen LogP contribution in [0.15, 0.2) is 18.2 Å². The molecule has 7 heteroatoms. The lowest BCUT2D eigenvalue weighted by Crippen LogP contribution is -2.44. The van der Waals surface area contributed by atoms with Gasteiger partial charge in [0.15, 0.2) is 0 Å². The maximum atomic E-state index is 12.1. The number of nitrogens with zero attached hydrogens (tertiary/aromatic N) is 1. The second-order valence-electron chi connectivity index (χ2n) is 7.03. The standard InChI is InChI=1S/C18H26N2O5/c1-18(2,3)25-17(22)20-9-7-12(8-10-20)24-13-5-6-15(19)14(11-13)16(21)23-4/h5-6,11-12H,7-10,19H2,1-4H3. The SMILES string of the molecule is COC(=O)c1cc(OC2CCN(C(=O)OC(C)(C)C)CC2)ccc1N. The average Bonchev–Trinajstić information content (AvgIpc) is 2.55. The van der Waals surface area contributed by atoms with E-state index in [1.165, 1.54) is 7.11 Å². The van der Waals surface area contributed by atoms with Crippen molar-refractivity contribution in [2.75, 3.05) is 25.9 Å². The van der Waals surface area contributed by atoms with Gasteiger partial charge in [-0.1, -0.05) is 0 Å². The highest BCUT2D eigenvalue weighted by molar-refractivity contribution is 5.95. The van der Waals surface area contributed by atoms with E-state index in [4.69, 9.17) is 19.9 Å². The van der Waals surface area contributed by atoms with Gasteiger partial charge in [-0.2, -0.15) is 0 Å². The number of hydrogen-bond acceptors (Lipinski definition) is 6. The number of hydrogen-bond donors (Lipinski definition) is 1. The van der Waals surface area contributed by atoms with Crippen LogP contribution in [0.3, 0.4) is 0 Å². The monoisotopic (exact) mass is 350 g/mol. The lowest BCUT2D eigenvalue weighted by Gasteiger charge is -2.33. The first-order chi connectivity index (χ1) is 11.7. The molecule has 1 aliphatic heterocycles. The maximum Gasteiger partial charge on any atom is 0.410 e. The lowest BCUT2D eigenvalue weighted by molar-refractivity contribution is 0.0126. The number of benzene rings is 1. The van der Waals surface area contributed by atoms with Gasteiger partial charge >= 0.3 is 12.1 Å². The number of piperidine rings is 1. The van der Waals surface area contributed by atoms with E-state index in [0.29, 0.717) is 37.4 Å². The molecule has 1 saturated heterocycles. The number of rotatable bonds is 3. The van der Waals surface area contributed by atoms with Gasteiger partial charge in [-0.25, -0.2) is 9.59 Å². The molecule has 7 nitrogen and oxygen atoms in total. The minimum absolute atomic E-state index is 0.0344. The Morgan fingerprint density at radius 1 is 1.20 bits per heavy atom. The van der Waals surface area contributed by atoms with Crippen molar-refractivity contribution in [3.8, 4) is 5.75 Å². The van der Waals surface area contributed by atoms with Crippen molar-refractivity contribution in [2.24, 2.45) is 0 Å². The first-order valence-corrected chi connectivity index (χ1v) is 8.32. The highest BCUT2D eigenvalue weighted by Crippen LogP contribution is 2.24. The van der Waals surface area contributed by atoms with Crippen molar-refractivity contribution >= 4 is 17.7 Å². The van der Waals surface area contributed by atoms with Gasteiger partial charge < -0.3 is 24.8 Å². The molecule has 0 aliphatic carbocycles. The summed E-state index contributed by atoms with van der Waals surface area (Å²) in [6.07, 6.45) is 1.05. The minimum atomic E-state index is -0.501. The Kier molecular flexibility index (Phi) is 5.77. The van der Waals surface area contributed by atoms with E-state index in [0.717, 1.165) is 0 Å². The normalized spacial score (nSPS) is 15.6. The van der Waals surface area contributed by atoms with Crippen LogP contribution in [0, 0.1) is 0 Å². The van der Waals surface area contributed by atoms with Gasteiger partial charge in [-0.3, -0.25) is 0 Å². The van der Waals surface area contributed by atoms with Gasteiger partial charge in [0.05, 0.1) is 12.7 Å². The van der Waals surface area contributed by atoms with Gasteiger partial charge in [0.1, 0.15) is 17.5 Å². The van der Waals surface area contributed by atoms with E-state index in [1.54, 1.807) is 23.1 Å². The number of ether oxygens (including phenoxy) is 3. The zero-order valence-electron chi connectivity index (χ0n) is 15.2. The van der Waals surface area contributed by atoms with E-state index in [1.807, 2.05) is 20.8 Å². The number of carbonyl (C=O) groups is 2. The van der Waals surface area contributed by atoms with Crippen LogP contribution in [0.1, 0.15) is 44.0 Å². The Bertz CT molecular complexity index is 631. The Labute approximate surface area is 148 Å². The number of carbonyl (C=O) groups excluding carboxylic acids is 2. The predicted octanol–water partition coefficient (Wildman–Crippen LogP) is 2.83. The van der Waals surface area contributed by atoms with Crippen LogP contribution >= 0.6 is 0 Å². The number of amides is 1. The number of methoxy groups -OCH3 is 1. The van der Waals surface area contributed by atoms with Crippen LogP contribution in [0.4, 0.5) is 10.5 Å². The molecule has 25 heavy (non-hydrogen) atoms. The Morgan fingerprint density at radius 3 is 2.40 bits per heavy atom. The van der Waals surface area contributed by atoms with Gasteiger partial charge in [-0.05, 0) is 39.0 Å². The first-order valence-electron chi connectivity index (χ1n) is 8.32. The Hall–Kier alpha value is -2.44. The largest absolute Gasteiger partial charge is 0.490 e. The molecule has 1 amide bonds. The van der Waals surface area contributed by atoms with E-state index < -0.39 is 11.6 Å². The predicted molar refractivity (Wildman–Crippen MR) is 93.7 cm³/mol. The Balaban J connectivity index is 1.92. The number of anilines is 1. The van der Waals surface area contributed by atoms with Gasteiger partial charge in [0.2, 0.25) is 0 Å². The van der Waals surface area contributed by atoms with Crippen LogP contribution in [0.25, 0.3) is 0 Å². The Morgan fingerprint density at radius 2 is 1.84 bits per heavy atom. The molecule has 1 aromatic rings. The third kappa shape index (κ3) is 5.27. The first kappa shape index (κ1) is 18.9. The minimum Gasteiger partial charge on any atom is -0.490 e. The van der Waals surface area contributed by atoms with Crippen molar-refractivity contribution in [3.63, 3.8) is 0 Å². The van der Waals surface area contributed by atoms with Crippen molar-refractivity contribution in [1.82, 2.24) is 4.90 Å². The second-order valence-corrected chi connectivity index (χ2v) is 7.03. The molecule has 2 rings (SSSR count). The summed E-state index contributed by atoms with van der Waals surface area (Å²) in [5, 5.41) is 0. The molecule has 1 aromatic carbocycles. The molecule has 0 saturated carbocycles. The van der Waals surface area contributed by atoms with Gasteiger partial charge in [0.25, 0.3) is 0 Å². The summed E-state index contributed by atoms with van der Waals surface area (Å²) in [6.45, 7) is 6.68. The molecule has 0 unspecified atom stereocenters. The molecule has 0 aromatic heterocycles. The lowest BCUT2D eigenvalue weighted by atomic mass is 10.1. The van der Waals surface area contributed by atoms with E-state index in [2.05, 4.69) is 0 Å². The molecule has 0 bridgehead atoms. The molecular formula is C18H26N2O5. The third-order valence-corrected chi connectivity index (χ3v) is 3.83. The van der Waals surface area contributed by atoms with Gasteiger partial charge in [-0.15, -0.1) is 0 Å². The quantitative estimate of drug-likeness (QED) is 0.666. The molecular weight excluding hydrogens is 324 g/mol. The number of likely N-dealkylation sites (tertiary alicyclic amines) is 1. The smallest absolute Gasteiger partial charge is 0.410 e. The van der Waals surface area contributed by atoms with Crippen molar-refractivity contribution in [1.29, 1.82) is 0 Å². The van der Waals surface area contributed by atoms with E-state index in [9.17, 15) is 9.59 Å². The molecule has 0 radical (unpaired) electrons. The van der Waals surface area contributed by atoms with Gasteiger partial charge in [0, 0.05) is 31.6 Å². The summed E-state index contributed by atoms with van der Waals surface area (Å²) >= 11 is 0. The van der Waals surface area contributed by atoms with Crippen molar-refractivity contribution < 1.29 is 23.8 Å². The van der Waals surface area contributed by atoms with Crippen LogP contribution < -0.4 is 10.5 Å². The highest BCUT2D eigenvalue weighted by Gasteiger charge is 2.27. The summed E-state index contributed by atoms with van der Waals surface area (Å²) in [5.74, 6) is 0.0630. The highest BCUT2D eigenvalue weighted by atomic mass is 16.6. The van der Waals surface area contributed by atoms with Crippen LogP contribution in [-0.2, 0) is 9.47 Å². The fourth-order valence-electron chi connectivity index (χ4n) is 2.57. The summed E-state index contributed by atoms with van der Waals surface area (Å²) < 4.78 is 16.0. The number of nitrogen functional groups attached to an aromatic ring is 1. The molecule has 0 atom stereocenters. The molecule has 1 heterocycles. The van der Waals surface area contributed by atoms with Crippen LogP contribution in [0.5, 0.6) is 5.75 Å². The fourth-order valence-corrected chi connectivity index (χ4v) is 2.57. The average molecular weight is 350 g/mol. The summed E-state index contributed by atoms with van der Waals surface area (Å²) in [7, 11) is 1.31. The zero-order valence-corrected chi connectivity index (χ0v) is 15.2. The molecule has 1 fully saturated rings. The molecule has 2 N–H and O–H groups in total. The summed E-state index contributed by atoms with van der Waals surface area (Å²) in [4.78, 5) is 25.4.